The minimum absolute atomic E-state index is 0.0659. The second kappa shape index (κ2) is 11.9. The summed E-state index contributed by atoms with van der Waals surface area (Å²) in [5, 5.41) is 3.35. The standard InChI is InChI=1S/C30H36FN3O/c1-2-15-34(27-11-7-4-8-12-27)30(35)25-17-24(18-26(31)20-25)21-33-29-19-23(13-14-28(29)32)16-22-9-5-3-6-10-22/h3,5-6,9-10,13-14,17-20,27,33H,2,4,7-8,11-12,15-16,21,32H2,1H3. The zero-order valence-electron chi connectivity index (χ0n) is 20.6. The molecule has 0 spiro atoms. The first kappa shape index (κ1) is 24.8. The predicted octanol–water partition coefficient (Wildman–Crippen LogP) is 6.80. The van der Waals surface area contributed by atoms with Gasteiger partial charge in [-0.1, -0.05) is 62.6 Å². The van der Waals surface area contributed by atoms with Crippen LogP contribution in [0, 0.1) is 5.82 Å². The second-order valence-corrected chi connectivity index (χ2v) is 9.58. The SMILES string of the molecule is CCCN(C(=O)c1cc(F)cc(CNc2cc(Cc3ccccc3)ccc2N)c1)C1CCCCC1. The van der Waals surface area contributed by atoms with Crippen LogP contribution in [0.2, 0.25) is 0 Å². The molecule has 1 amide bonds. The van der Waals surface area contributed by atoms with Gasteiger partial charge >= 0.3 is 0 Å². The lowest BCUT2D eigenvalue weighted by Crippen LogP contribution is -2.42. The molecule has 0 aromatic heterocycles. The molecule has 0 heterocycles. The van der Waals surface area contributed by atoms with Crippen molar-refractivity contribution in [3.63, 3.8) is 0 Å². The van der Waals surface area contributed by atoms with Gasteiger partial charge in [-0.3, -0.25) is 4.79 Å². The van der Waals surface area contributed by atoms with Gasteiger partial charge in [0.25, 0.3) is 5.91 Å². The third-order valence-corrected chi connectivity index (χ3v) is 6.80. The molecule has 184 valence electrons. The molecule has 1 aliphatic carbocycles. The maximum absolute atomic E-state index is 14.6. The fraction of sp³-hybridized carbons (Fsp3) is 0.367. The third kappa shape index (κ3) is 6.62. The summed E-state index contributed by atoms with van der Waals surface area (Å²) in [4.78, 5) is 15.4. The number of nitrogens with zero attached hydrogens (tertiary/aromatic N) is 1. The zero-order chi connectivity index (χ0) is 24.6. The van der Waals surface area contributed by atoms with Crippen molar-refractivity contribution in [2.45, 2.75) is 64.5 Å². The molecule has 3 N–H and O–H groups in total. The molecule has 1 aliphatic rings. The third-order valence-electron chi connectivity index (χ3n) is 6.80. The molecule has 4 rings (SSSR count). The number of benzene rings is 3. The average molecular weight is 474 g/mol. The number of nitrogens with one attached hydrogen (secondary N) is 1. The number of anilines is 2. The number of nitrogen functional groups attached to an aromatic ring is 1. The van der Waals surface area contributed by atoms with Crippen LogP contribution in [-0.2, 0) is 13.0 Å². The van der Waals surface area contributed by atoms with E-state index in [-0.39, 0.29) is 11.9 Å². The van der Waals surface area contributed by atoms with Crippen LogP contribution in [-0.4, -0.2) is 23.4 Å². The molecular weight excluding hydrogens is 437 g/mol. The van der Waals surface area contributed by atoms with Crippen LogP contribution in [0.3, 0.4) is 0 Å². The summed E-state index contributed by atoms with van der Waals surface area (Å²) in [5.74, 6) is -0.456. The van der Waals surface area contributed by atoms with Gasteiger partial charge in [0.1, 0.15) is 5.82 Å². The topological polar surface area (TPSA) is 58.4 Å². The van der Waals surface area contributed by atoms with E-state index in [1.807, 2.05) is 47.4 Å². The maximum atomic E-state index is 14.6. The first-order valence-corrected chi connectivity index (χ1v) is 12.8. The normalized spacial score (nSPS) is 14.0. The summed E-state index contributed by atoms with van der Waals surface area (Å²) >= 11 is 0. The Morgan fingerprint density at radius 3 is 2.49 bits per heavy atom. The van der Waals surface area contributed by atoms with Crippen LogP contribution in [0.1, 0.15) is 72.5 Å². The number of rotatable bonds is 9. The Morgan fingerprint density at radius 2 is 1.74 bits per heavy atom. The largest absolute Gasteiger partial charge is 0.397 e. The number of amides is 1. The summed E-state index contributed by atoms with van der Waals surface area (Å²) in [7, 11) is 0. The Morgan fingerprint density at radius 1 is 0.971 bits per heavy atom. The number of halogens is 1. The molecule has 5 heteroatoms. The molecule has 3 aromatic carbocycles. The van der Waals surface area contributed by atoms with Crippen molar-refractivity contribution in [1.82, 2.24) is 4.90 Å². The molecule has 0 bridgehead atoms. The van der Waals surface area contributed by atoms with Gasteiger partial charge < -0.3 is 16.0 Å². The number of nitrogens with two attached hydrogens (primary N) is 1. The molecule has 4 nitrogen and oxygen atoms in total. The van der Waals surface area contributed by atoms with Crippen LogP contribution >= 0.6 is 0 Å². The van der Waals surface area contributed by atoms with E-state index in [1.165, 1.54) is 24.1 Å². The highest BCUT2D eigenvalue weighted by atomic mass is 19.1. The van der Waals surface area contributed by atoms with Gasteiger partial charge in [0.2, 0.25) is 0 Å². The molecule has 35 heavy (non-hydrogen) atoms. The number of hydrogen-bond donors (Lipinski definition) is 2. The molecule has 0 atom stereocenters. The quantitative estimate of drug-likeness (QED) is 0.336. The molecule has 3 aromatic rings. The Labute approximate surface area is 208 Å². The van der Waals surface area contributed by atoms with Crippen LogP contribution in [0.25, 0.3) is 0 Å². The lowest BCUT2D eigenvalue weighted by Gasteiger charge is -2.34. The molecule has 0 aliphatic heterocycles. The van der Waals surface area contributed by atoms with Crippen LogP contribution < -0.4 is 11.1 Å². The monoisotopic (exact) mass is 473 g/mol. The Hall–Kier alpha value is -3.34. The number of carbonyl (C=O) groups excluding carboxylic acids is 1. The van der Waals surface area contributed by atoms with Crippen LogP contribution in [0.15, 0.2) is 66.7 Å². The zero-order valence-corrected chi connectivity index (χ0v) is 20.6. The lowest BCUT2D eigenvalue weighted by atomic mass is 9.93. The summed E-state index contributed by atoms with van der Waals surface area (Å²) in [6.07, 6.45) is 7.31. The highest BCUT2D eigenvalue weighted by molar-refractivity contribution is 5.94. The summed E-state index contributed by atoms with van der Waals surface area (Å²) in [5.41, 5.74) is 11.2. The van der Waals surface area contributed by atoms with Crippen molar-refractivity contribution in [3.8, 4) is 0 Å². The Bertz CT molecular complexity index is 1130. The van der Waals surface area contributed by atoms with Crippen LogP contribution in [0.4, 0.5) is 15.8 Å². The predicted molar refractivity (Wildman–Crippen MR) is 142 cm³/mol. The van der Waals surface area contributed by atoms with E-state index in [1.54, 1.807) is 0 Å². The Balaban J connectivity index is 1.48. The van der Waals surface area contributed by atoms with Crippen molar-refractivity contribution in [2.75, 3.05) is 17.6 Å². The minimum atomic E-state index is -0.390. The second-order valence-electron chi connectivity index (χ2n) is 9.58. The highest BCUT2D eigenvalue weighted by Gasteiger charge is 2.26. The van der Waals surface area contributed by atoms with E-state index in [2.05, 4.69) is 24.4 Å². The van der Waals surface area contributed by atoms with Gasteiger partial charge in [-0.25, -0.2) is 4.39 Å². The van der Waals surface area contributed by atoms with E-state index in [9.17, 15) is 9.18 Å². The maximum Gasteiger partial charge on any atom is 0.254 e. The first-order chi connectivity index (χ1) is 17.0. The molecule has 0 unspecified atom stereocenters. The fourth-order valence-corrected chi connectivity index (χ4v) is 5.02. The number of hydrogen-bond acceptors (Lipinski definition) is 3. The minimum Gasteiger partial charge on any atom is -0.397 e. The fourth-order valence-electron chi connectivity index (χ4n) is 5.02. The van der Waals surface area contributed by atoms with Gasteiger partial charge in [-0.2, -0.15) is 0 Å². The molecule has 1 saturated carbocycles. The average Bonchev–Trinajstić information content (AvgIpc) is 2.88. The summed E-state index contributed by atoms with van der Waals surface area (Å²) < 4.78 is 14.6. The van der Waals surface area contributed by atoms with Gasteiger partial charge in [-0.15, -0.1) is 0 Å². The van der Waals surface area contributed by atoms with Crippen molar-refractivity contribution in [1.29, 1.82) is 0 Å². The van der Waals surface area contributed by atoms with E-state index < -0.39 is 5.82 Å². The lowest BCUT2D eigenvalue weighted by molar-refractivity contribution is 0.0633. The first-order valence-electron chi connectivity index (χ1n) is 12.8. The van der Waals surface area contributed by atoms with E-state index in [0.29, 0.717) is 24.3 Å². The van der Waals surface area contributed by atoms with Crippen molar-refractivity contribution in [3.05, 3.63) is 94.8 Å². The van der Waals surface area contributed by atoms with E-state index >= 15 is 0 Å². The molecule has 1 fully saturated rings. The molecule has 0 saturated heterocycles. The van der Waals surface area contributed by atoms with Gasteiger partial charge in [0, 0.05) is 24.7 Å². The molecular formula is C30H36FN3O. The van der Waals surface area contributed by atoms with Gasteiger partial charge in [-0.05, 0) is 72.7 Å². The van der Waals surface area contributed by atoms with E-state index in [0.717, 1.165) is 55.3 Å². The van der Waals surface area contributed by atoms with Crippen LogP contribution in [0.5, 0.6) is 0 Å². The van der Waals surface area contributed by atoms with Crippen molar-refractivity contribution < 1.29 is 9.18 Å². The summed E-state index contributed by atoms with van der Waals surface area (Å²) in [6.45, 7) is 3.17. The summed E-state index contributed by atoms with van der Waals surface area (Å²) in [6, 6.07) is 21.2. The van der Waals surface area contributed by atoms with Gasteiger partial charge in [0.15, 0.2) is 0 Å². The smallest absolute Gasteiger partial charge is 0.254 e. The van der Waals surface area contributed by atoms with Crippen molar-refractivity contribution >= 4 is 17.3 Å². The van der Waals surface area contributed by atoms with E-state index in [4.69, 9.17) is 5.73 Å². The van der Waals surface area contributed by atoms with Crippen molar-refractivity contribution in [2.24, 2.45) is 0 Å². The Kier molecular flexibility index (Phi) is 8.40. The highest BCUT2D eigenvalue weighted by Crippen LogP contribution is 2.26. The van der Waals surface area contributed by atoms with Gasteiger partial charge in [0.05, 0.1) is 11.4 Å². The molecule has 0 radical (unpaired) electrons. The number of carbonyl (C=O) groups is 1.